The minimum Gasteiger partial charge on any atom is -0.508 e. The first kappa shape index (κ1) is 23.3. The number of ketones is 1. The van der Waals surface area contributed by atoms with Crippen molar-refractivity contribution >= 4 is 17.4 Å². The molecule has 1 aliphatic rings. The summed E-state index contributed by atoms with van der Waals surface area (Å²) in [4.78, 5) is 27.2. The quantitative estimate of drug-likeness (QED) is 0.266. The van der Waals surface area contributed by atoms with Gasteiger partial charge in [0.15, 0.2) is 0 Å². The Morgan fingerprint density at radius 1 is 1.12 bits per heavy atom. The van der Waals surface area contributed by atoms with Gasteiger partial charge in [0.1, 0.15) is 17.3 Å². The van der Waals surface area contributed by atoms with E-state index in [-0.39, 0.29) is 23.6 Å². The average Bonchev–Trinajstić information content (AvgIpc) is 3.03. The number of aliphatic hydroxyl groups is 1. The Balaban J connectivity index is 2.01. The number of hydrogen-bond donors (Lipinski definition) is 2. The van der Waals surface area contributed by atoms with Crippen LogP contribution in [-0.2, 0) is 14.3 Å². The maximum Gasteiger partial charge on any atom is 0.295 e. The van der Waals surface area contributed by atoms with E-state index < -0.39 is 17.7 Å². The van der Waals surface area contributed by atoms with Crippen LogP contribution in [0.5, 0.6) is 11.5 Å². The molecule has 2 aromatic carbocycles. The van der Waals surface area contributed by atoms with Gasteiger partial charge in [-0.15, -0.1) is 0 Å². The lowest BCUT2D eigenvalue weighted by Crippen LogP contribution is -2.31. The van der Waals surface area contributed by atoms with Crippen LogP contribution >= 0.6 is 0 Å². The van der Waals surface area contributed by atoms with Gasteiger partial charge < -0.3 is 24.6 Å². The van der Waals surface area contributed by atoms with E-state index in [0.29, 0.717) is 42.4 Å². The Morgan fingerprint density at radius 3 is 2.47 bits per heavy atom. The minimum atomic E-state index is -0.809. The van der Waals surface area contributed by atoms with Gasteiger partial charge in [0, 0.05) is 25.8 Å². The van der Waals surface area contributed by atoms with Crippen LogP contribution in [0.15, 0.2) is 54.1 Å². The molecule has 1 fully saturated rings. The molecule has 1 unspecified atom stereocenters. The summed E-state index contributed by atoms with van der Waals surface area (Å²) in [6.07, 6.45) is 0.529. The van der Waals surface area contributed by atoms with Crippen molar-refractivity contribution in [3.63, 3.8) is 0 Å². The summed E-state index contributed by atoms with van der Waals surface area (Å²) in [5, 5.41) is 21.0. The average molecular weight is 440 g/mol. The fraction of sp³-hybridized carbons (Fsp3) is 0.360. The molecule has 0 aromatic heterocycles. The summed E-state index contributed by atoms with van der Waals surface area (Å²) in [7, 11) is 1.56. The van der Waals surface area contributed by atoms with Gasteiger partial charge in [-0.1, -0.05) is 26.0 Å². The van der Waals surface area contributed by atoms with Gasteiger partial charge in [-0.2, -0.15) is 0 Å². The van der Waals surface area contributed by atoms with E-state index in [9.17, 15) is 19.8 Å². The van der Waals surface area contributed by atoms with Crippen LogP contribution < -0.4 is 4.74 Å². The number of carbonyl (C=O) groups is 2. The van der Waals surface area contributed by atoms with E-state index in [1.165, 1.54) is 17.0 Å². The number of likely N-dealkylation sites (tertiary alicyclic amines) is 1. The summed E-state index contributed by atoms with van der Waals surface area (Å²) in [6, 6.07) is 12.3. The van der Waals surface area contributed by atoms with E-state index in [1.807, 2.05) is 13.8 Å². The molecule has 7 heteroatoms. The molecule has 0 aliphatic carbocycles. The van der Waals surface area contributed by atoms with Crippen LogP contribution in [0.2, 0.25) is 0 Å². The molecule has 170 valence electrons. The molecule has 0 spiro atoms. The number of hydrogen-bond acceptors (Lipinski definition) is 6. The number of rotatable bonds is 9. The number of ether oxygens (including phenoxy) is 2. The zero-order chi connectivity index (χ0) is 23.3. The van der Waals surface area contributed by atoms with Crippen LogP contribution in [0.25, 0.3) is 5.76 Å². The summed E-state index contributed by atoms with van der Waals surface area (Å²) in [5.74, 6) is -0.668. The lowest BCUT2D eigenvalue weighted by molar-refractivity contribution is -0.140. The summed E-state index contributed by atoms with van der Waals surface area (Å²) < 4.78 is 10.8. The van der Waals surface area contributed by atoms with Crippen LogP contribution in [0.4, 0.5) is 0 Å². The van der Waals surface area contributed by atoms with Gasteiger partial charge in [-0.25, -0.2) is 0 Å². The molecule has 7 nitrogen and oxygen atoms in total. The zero-order valence-corrected chi connectivity index (χ0v) is 18.6. The van der Waals surface area contributed by atoms with Crippen molar-refractivity contribution in [2.24, 2.45) is 5.92 Å². The zero-order valence-electron chi connectivity index (χ0n) is 18.6. The Labute approximate surface area is 187 Å². The van der Waals surface area contributed by atoms with Gasteiger partial charge in [0.05, 0.1) is 18.2 Å². The third-order valence-electron chi connectivity index (χ3n) is 5.18. The largest absolute Gasteiger partial charge is 0.508 e. The molecule has 1 aliphatic heterocycles. The number of carbonyl (C=O) groups excluding carboxylic acids is 2. The van der Waals surface area contributed by atoms with E-state index in [4.69, 9.17) is 9.47 Å². The second-order valence-electron chi connectivity index (χ2n) is 8.16. The summed E-state index contributed by atoms with van der Waals surface area (Å²) >= 11 is 0. The number of phenolic OH excluding ortho intramolecular Hbond substituents is 1. The van der Waals surface area contributed by atoms with Gasteiger partial charge in [-0.05, 0) is 54.3 Å². The van der Waals surface area contributed by atoms with Crippen molar-refractivity contribution < 1.29 is 29.3 Å². The Morgan fingerprint density at radius 2 is 1.84 bits per heavy atom. The van der Waals surface area contributed by atoms with Crippen molar-refractivity contribution in [3.8, 4) is 11.5 Å². The van der Waals surface area contributed by atoms with Crippen molar-refractivity contribution in [2.45, 2.75) is 26.3 Å². The minimum absolute atomic E-state index is 0.00568. The highest BCUT2D eigenvalue weighted by Gasteiger charge is 2.45. The molecule has 3 rings (SSSR count). The van der Waals surface area contributed by atoms with E-state index in [0.717, 1.165) is 0 Å². The Bertz CT molecular complexity index is 996. The maximum atomic E-state index is 12.9. The molecule has 2 aromatic rings. The molecular weight excluding hydrogens is 410 g/mol. The molecule has 0 saturated carbocycles. The fourth-order valence-corrected chi connectivity index (χ4v) is 3.66. The van der Waals surface area contributed by atoms with Crippen LogP contribution in [0, 0.1) is 5.92 Å². The Kier molecular flexibility index (Phi) is 7.53. The van der Waals surface area contributed by atoms with Crippen molar-refractivity contribution in [2.75, 3.05) is 26.9 Å². The number of phenols is 1. The number of aromatic hydroxyl groups is 1. The van der Waals surface area contributed by atoms with E-state index in [2.05, 4.69) is 0 Å². The second kappa shape index (κ2) is 10.3. The predicted octanol–water partition coefficient (Wildman–Crippen LogP) is 3.89. The second-order valence-corrected chi connectivity index (χ2v) is 8.16. The first-order chi connectivity index (χ1) is 15.3. The first-order valence-electron chi connectivity index (χ1n) is 10.6. The number of nitrogens with zero attached hydrogens (tertiary/aromatic N) is 1. The molecule has 1 heterocycles. The summed E-state index contributed by atoms with van der Waals surface area (Å²) in [6.45, 7) is 5.36. The topological polar surface area (TPSA) is 96.3 Å². The predicted molar refractivity (Wildman–Crippen MR) is 120 cm³/mol. The Hall–Kier alpha value is -3.32. The lowest BCUT2D eigenvalue weighted by atomic mass is 9.95. The molecular formula is C25H29NO6. The highest BCUT2D eigenvalue weighted by atomic mass is 16.5. The summed E-state index contributed by atoms with van der Waals surface area (Å²) in [5.41, 5.74) is 0.941. The number of aliphatic hydroxyl groups excluding tert-OH is 1. The third-order valence-corrected chi connectivity index (χ3v) is 5.18. The lowest BCUT2D eigenvalue weighted by Gasteiger charge is -2.25. The molecule has 32 heavy (non-hydrogen) atoms. The highest BCUT2D eigenvalue weighted by molar-refractivity contribution is 6.46. The standard InChI is InChI=1S/C25H29NO6/c1-16(2)15-32-20-10-8-17(9-11-20)23(28)21-22(18-6-4-7-19(27)14-18)26(12-5-13-31-3)25(30)24(21)29/h4,6-11,14,16,22,27-28H,5,12-13,15H2,1-3H3/b23-21-. The monoisotopic (exact) mass is 439 g/mol. The molecule has 0 bridgehead atoms. The number of methoxy groups -OCH3 is 1. The van der Waals surface area contributed by atoms with Crippen LogP contribution in [0.3, 0.4) is 0 Å². The van der Waals surface area contributed by atoms with Gasteiger partial charge in [-0.3, -0.25) is 9.59 Å². The molecule has 1 atom stereocenters. The third kappa shape index (κ3) is 5.11. The molecule has 0 radical (unpaired) electrons. The van der Waals surface area contributed by atoms with Gasteiger partial charge >= 0.3 is 0 Å². The number of benzene rings is 2. The van der Waals surface area contributed by atoms with Gasteiger partial charge in [0.2, 0.25) is 0 Å². The maximum absolute atomic E-state index is 12.9. The van der Waals surface area contributed by atoms with Crippen molar-refractivity contribution in [1.29, 1.82) is 0 Å². The van der Waals surface area contributed by atoms with Crippen LogP contribution in [-0.4, -0.2) is 53.7 Å². The number of amides is 1. The molecule has 1 amide bonds. The van der Waals surface area contributed by atoms with Crippen LogP contribution in [0.1, 0.15) is 37.4 Å². The van der Waals surface area contributed by atoms with Crippen molar-refractivity contribution in [3.05, 3.63) is 65.2 Å². The van der Waals surface area contributed by atoms with Gasteiger partial charge in [0.25, 0.3) is 11.7 Å². The molecule has 2 N–H and O–H groups in total. The van der Waals surface area contributed by atoms with E-state index in [1.54, 1.807) is 43.5 Å². The SMILES string of the molecule is COCCCN1C(=O)C(=O)/C(=C(\O)c2ccc(OCC(C)C)cc2)C1c1cccc(O)c1. The number of Topliss-reactive ketones (excluding diaryl/α,β-unsaturated/α-hetero) is 1. The first-order valence-corrected chi connectivity index (χ1v) is 10.6. The van der Waals surface area contributed by atoms with E-state index >= 15 is 0 Å². The molecule has 1 saturated heterocycles. The van der Waals surface area contributed by atoms with Crippen molar-refractivity contribution in [1.82, 2.24) is 4.90 Å². The normalized spacial score (nSPS) is 17.9. The highest BCUT2D eigenvalue weighted by Crippen LogP contribution is 2.40. The smallest absolute Gasteiger partial charge is 0.295 e. The fourth-order valence-electron chi connectivity index (χ4n) is 3.66.